The zero-order valence-electron chi connectivity index (χ0n) is 18.5. The van der Waals surface area contributed by atoms with Gasteiger partial charge >= 0.3 is 6.18 Å². The predicted octanol–water partition coefficient (Wildman–Crippen LogP) is 4.36. The van der Waals surface area contributed by atoms with Gasteiger partial charge in [0.05, 0.1) is 18.4 Å². The molecule has 0 N–H and O–H groups in total. The average molecular weight is 490 g/mol. The molecule has 3 aromatic rings. The Morgan fingerprint density at radius 3 is 2.62 bits per heavy atom. The van der Waals surface area contributed by atoms with E-state index in [2.05, 4.69) is 25.1 Å². The van der Waals surface area contributed by atoms with Gasteiger partial charge in [-0.25, -0.2) is 4.98 Å². The fraction of sp³-hybridized carbons (Fsp3) is 0.478. The molecule has 0 bridgehead atoms. The number of hydrogen-bond donors (Lipinski definition) is 0. The number of rotatable bonds is 3. The molecule has 4 heterocycles. The van der Waals surface area contributed by atoms with Crippen LogP contribution in [0.15, 0.2) is 36.8 Å². The van der Waals surface area contributed by atoms with Gasteiger partial charge in [-0.15, -0.1) is 10.2 Å². The van der Waals surface area contributed by atoms with Crippen molar-refractivity contribution in [2.24, 2.45) is 5.41 Å². The molecule has 34 heavy (non-hydrogen) atoms. The molecule has 3 aliphatic rings. The van der Waals surface area contributed by atoms with E-state index in [1.165, 1.54) is 11.8 Å². The number of nitrogens with zero attached hydrogens (tertiary/aromatic N) is 7. The van der Waals surface area contributed by atoms with E-state index in [-0.39, 0.29) is 24.4 Å². The molecule has 1 saturated carbocycles. The number of benzene rings is 1. The van der Waals surface area contributed by atoms with Crippen LogP contribution < -0.4 is 4.90 Å². The summed E-state index contributed by atoms with van der Waals surface area (Å²) in [5.74, 6) is 2.45. The Bertz CT molecular complexity index is 1220. The minimum absolute atomic E-state index is 0.0678. The van der Waals surface area contributed by atoms with Gasteiger partial charge in [0.15, 0.2) is 5.82 Å². The van der Waals surface area contributed by atoms with Crippen LogP contribution in [0.25, 0.3) is 5.69 Å². The lowest BCUT2D eigenvalue weighted by Crippen LogP contribution is -2.62. The third kappa shape index (κ3) is 3.54. The highest BCUT2D eigenvalue weighted by Crippen LogP contribution is 2.56. The maximum atomic E-state index is 13.6. The Morgan fingerprint density at radius 2 is 1.91 bits per heavy atom. The van der Waals surface area contributed by atoms with Gasteiger partial charge in [0, 0.05) is 48.4 Å². The van der Waals surface area contributed by atoms with E-state index in [0.29, 0.717) is 10.8 Å². The first kappa shape index (κ1) is 21.8. The molecule has 1 saturated heterocycles. The normalized spacial score (nSPS) is 20.8. The Morgan fingerprint density at radius 1 is 1.12 bits per heavy atom. The number of alkyl halides is 3. The van der Waals surface area contributed by atoms with Crippen LogP contribution in [0.2, 0.25) is 5.02 Å². The lowest BCUT2D eigenvalue weighted by atomic mass is 9.57. The molecule has 7 nitrogen and oxygen atoms in total. The van der Waals surface area contributed by atoms with Gasteiger partial charge in [-0.05, 0) is 43.5 Å². The third-order valence-corrected chi connectivity index (χ3v) is 7.66. The molecule has 1 spiro atoms. The zero-order valence-corrected chi connectivity index (χ0v) is 19.3. The second kappa shape index (κ2) is 7.64. The Balaban J connectivity index is 1.27. The summed E-state index contributed by atoms with van der Waals surface area (Å²) in [5.41, 5.74) is 1.78. The number of fused-ring (bicyclic) bond motifs is 3. The minimum Gasteiger partial charge on any atom is -0.354 e. The largest absolute Gasteiger partial charge is 0.403 e. The summed E-state index contributed by atoms with van der Waals surface area (Å²) in [5, 5.41) is 9.33. The lowest BCUT2D eigenvalue weighted by Gasteiger charge is -2.59. The topological polar surface area (TPSA) is 63.0 Å². The summed E-state index contributed by atoms with van der Waals surface area (Å²) in [7, 11) is 0. The number of anilines is 1. The Hall–Kier alpha value is -2.72. The molecule has 1 unspecified atom stereocenters. The van der Waals surface area contributed by atoms with Crippen molar-refractivity contribution in [3.63, 3.8) is 0 Å². The second-order valence-corrected chi connectivity index (χ2v) is 10.2. The molecule has 2 fully saturated rings. The van der Waals surface area contributed by atoms with Crippen LogP contribution in [0.1, 0.15) is 42.9 Å². The highest BCUT2D eigenvalue weighted by molar-refractivity contribution is 6.30. The summed E-state index contributed by atoms with van der Waals surface area (Å²) in [6, 6.07) is 3.77. The van der Waals surface area contributed by atoms with Crippen molar-refractivity contribution in [3.05, 3.63) is 59.0 Å². The van der Waals surface area contributed by atoms with Crippen LogP contribution in [0.3, 0.4) is 0 Å². The van der Waals surface area contributed by atoms with Crippen LogP contribution in [0.4, 0.5) is 19.0 Å². The first-order valence-corrected chi connectivity index (χ1v) is 11.6. The molecule has 0 amide bonds. The average Bonchev–Trinajstić information content (AvgIpc) is 3.06. The van der Waals surface area contributed by atoms with Gasteiger partial charge in [-0.1, -0.05) is 11.6 Å². The molecule has 6 rings (SSSR count). The van der Waals surface area contributed by atoms with Crippen molar-refractivity contribution in [2.45, 2.75) is 51.0 Å². The van der Waals surface area contributed by atoms with Crippen LogP contribution in [-0.2, 0) is 13.1 Å². The van der Waals surface area contributed by atoms with E-state index in [4.69, 9.17) is 11.6 Å². The van der Waals surface area contributed by atoms with E-state index >= 15 is 0 Å². The van der Waals surface area contributed by atoms with Crippen molar-refractivity contribution >= 4 is 17.4 Å². The summed E-state index contributed by atoms with van der Waals surface area (Å²) in [6.45, 7) is 3.24. The zero-order chi connectivity index (χ0) is 23.7. The molecule has 178 valence electrons. The molecular weight excluding hydrogens is 467 g/mol. The fourth-order valence-corrected chi connectivity index (χ4v) is 5.80. The smallest absolute Gasteiger partial charge is 0.354 e. The van der Waals surface area contributed by atoms with Crippen molar-refractivity contribution in [1.82, 2.24) is 29.6 Å². The summed E-state index contributed by atoms with van der Waals surface area (Å²) >= 11 is 6.22. The molecule has 11 heteroatoms. The van der Waals surface area contributed by atoms with Crippen LogP contribution >= 0.6 is 11.6 Å². The van der Waals surface area contributed by atoms with E-state index < -0.39 is 12.2 Å². The first-order valence-electron chi connectivity index (χ1n) is 11.3. The standard InChI is InChI=1S/C23H23ClF3N7/c1-14(23(25,26)27)32-10-15-6-17(24)2-3-18(15)34-20(11-32)30-31-21(34)16-7-22(8-16)12-33(13-22)19-9-28-4-5-29-19/h2-6,9,14,16H,7-8,10-13H2,1H3. The van der Waals surface area contributed by atoms with Crippen molar-refractivity contribution in [3.8, 4) is 5.69 Å². The predicted molar refractivity (Wildman–Crippen MR) is 120 cm³/mol. The van der Waals surface area contributed by atoms with Gasteiger partial charge in [0.1, 0.15) is 17.7 Å². The van der Waals surface area contributed by atoms with E-state index in [0.717, 1.165) is 48.8 Å². The first-order chi connectivity index (χ1) is 16.2. The second-order valence-electron chi connectivity index (χ2n) is 9.73. The van der Waals surface area contributed by atoms with Crippen LogP contribution in [-0.4, -0.2) is 54.9 Å². The molecule has 0 radical (unpaired) electrons. The summed E-state index contributed by atoms with van der Waals surface area (Å²) in [4.78, 5) is 12.1. The number of halogens is 4. The Kier molecular flexibility index (Phi) is 4.90. The van der Waals surface area contributed by atoms with Gasteiger partial charge in [-0.3, -0.25) is 14.5 Å². The van der Waals surface area contributed by atoms with E-state index in [9.17, 15) is 13.2 Å². The molecule has 2 aliphatic heterocycles. The van der Waals surface area contributed by atoms with Gasteiger partial charge < -0.3 is 4.90 Å². The lowest BCUT2D eigenvalue weighted by molar-refractivity contribution is -0.182. The van der Waals surface area contributed by atoms with Crippen molar-refractivity contribution in [1.29, 1.82) is 0 Å². The molecule has 1 aliphatic carbocycles. The molecule has 1 atom stereocenters. The maximum absolute atomic E-state index is 13.6. The molecule has 1 aromatic carbocycles. The van der Waals surface area contributed by atoms with Crippen molar-refractivity contribution in [2.75, 3.05) is 18.0 Å². The number of hydrogen-bond acceptors (Lipinski definition) is 6. The van der Waals surface area contributed by atoms with E-state index in [1.807, 2.05) is 10.6 Å². The van der Waals surface area contributed by atoms with Crippen molar-refractivity contribution < 1.29 is 13.2 Å². The third-order valence-electron chi connectivity index (χ3n) is 7.43. The highest BCUT2D eigenvalue weighted by Gasteiger charge is 2.54. The molecule has 2 aromatic heterocycles. The molecular formula is C23H23ClF3N7. The van der Waals surface area contributed by atoms with Crippen LogP contribution in [0.5, 0.6) is 0 Å². The van der Waals surface area contributed by atoms with E-state index in [1.54, 1.807) is 30.7 Å². The minimum atomic E-state index is -4.34. The van der Waals surface area contributed by atoms with Gasteiger partial charge in [0.2, 0.25) is 0 Å². The highest BCUT2D eigenvalue weighted by atomic mass is 35.5. The maximum Gasteiger partial charge on any atom is 0.403 e. The Labute approximate surface area is 199 Å². The monoisotopic (exact) mass is 489 g/mol. The van der Waals surface area contributed by atoms with Gasteiger partial charge in [-0.2, -0.15) is 13.2 Å². The summed E-state index contributed by atoms with van der Waals surface area (Å²) in [6.07, 6.45) is 2.73. The summed E-state index contributed by atoms with van der Waals surface area (Å²) < 4.78 is 42.6. The quantitative estimate of drug-likeness (QED) is 0.544. The number of aromatic nitrogens is 5. The van der Waals surface area contributed by atoms with Crippen LogP contribution in [0, 0.1) is 5.41 Å². The SMILES string of the molecule is CC(N1Cc2cc(Cl)ccc2-n2c(nnc2C2CC3(C2)CN(c2cnccn2)C3)C1)C(F)(F)F. The fourth-order valence-electron chi connectivity index (χ4n) is 5.60. The van der Waals surface area contributed by atoms with Gasteiger partial charge in [0.25, 0.3) is 0 Å².